The molecule has 8 heterocycles. The topological polar surface area (TPSA) is 296 Å². The van der Waals surface area contributed by atoms with E-state index in [0.29, 0.717) is 25.7 Å². The summed E-state index contributed by atoms with van der Waals surface area (Å²) in [5.74, 6) is -7.51. The minimum absolute atomic E-state index is 0.0147. The van der Waals surface area contributed by atoms with Gasteiger partial charge >= 0.3 is 23.9 Å². The Balaban J connectivity index is 0.000000225. The summed E-state index contributed by atoms with van der Waals surface area (Å²) in [6.07, 6.45) is -14.5. The molecule has 0 spiro atoms. The molecule has 8 N–H and O–H groups in total. The predicted molar refractivity (Wildman–Crippen MR) is 471 cm³/mol. The average Bonchev–Trinajstić information content (AvgIpc) is 0.697. The number of hydrogen-bond acceptors (Lipinski definition) is 24. The van der Waals surface area contributed by atoms with E-state index in [0.717, 1.165) is 7.11 Å². The zero-order chi connectivity index (χ0) is 116. The van der Waals surface area contributed by atoms with E-state index in [4.69, 9.17) is 121 Å². The predicted octanol–water partition coefficient (Wildman–Crippen LogP) is 14.3. The summed E-state index contributed by atoms with van der Waals surface area (Å²) in [5, 5.41) is 0. The molecule has 4 aromatic rings. The molecule has 12 unspecified atom stereocenters. The first-order valence-corrected chi connectivity index (χ1v) is 41.7. The lowest BCUT2D eigenvalue weighted by Gasteiger charge is -2.47. The van der Waals surface area contributed by atoms with Crippen molar-refractivity contribution in [2.45, 2.75) is 260 Å². The quantitative estimate of drug-likeness (QED) is 0.0303. The fraction of sp³-hybridized carbons (Fsp3) is 0.708. The van der Waals surface area contributed by atoms with Gasteiger partial charge in [0.25, 0.3) is 0 Å². The molecule has 8 aliphatic heterocycles. The molecule has 16 atom stereocenters. The Hall–Kier alpha value is -7.16. The van der Waals surface area contributed by atoms with E-state index < -0.39 is 233 Å². The maximum Gasteiger partial charge on any atom is 0.323 e. The van der Waals surface area contributed by atoms with Crippen molar-refractivity contribution in [1.29, 1.82) is 0 Å². The summed E-state index contributed by atoms with van der Waals surface area (Å²) in [5.41, 5.74) is 22.5. The molecule has 0 saturated carbocycles. The van der Waals surface area contributed by atoms with Gasteiger partial charge in [-0.2, -0.15) is 0 Å². The zero-order valence-corrected chi connectivity index (χ0v) is 73.8. The maximum absolute atomic E-state index is 13.0. The lowest BCUT2D eigenvalue weighted by atomic mass is 9.79. The molecule has 120 heavy (non-hydrogen) atoms. The second-order valence-corrected chi connectivity index (χ2v) is 35.0. The van der Waals surface area contributed by atoms with Crippen molar-refractivity contribution in [3.63, 3.8) is 0 Å². The smallest absolute Gasteiger partial charge is 0.323 e. The number of nitrogens with two attached hydrogens (primary N) is 4. The summed E-state index contributed by atoms with van der Waals surface area (Å²) in [7, 11) is 1.44. The van der Waals surface area contributed by atoms with Crippen LogP contribution in [0.1, 0.15) is 275 Å². The third kappa shape index (κ3) is 23.8. The average molecular weight is 1710 g/mol. The molecule has 0 amide bonds. The molecule has 24 nitrogen and oxygen atoms in total. The van der Waals surface area contributed by atoms with Gasteiger partial charge in [-0.1, -0.05) is 111 Å². The number of esters is 4. The monoisotopic (exact) mass is 1710 g/mol. The second kappa shape index (κ2) is 43.9. The van der Waals surface area contributed by atoms with Crippen LogP contribution in [0.3, 0.4) is 0 Å². The van der Waals surface area contributed by atoms with Crippen LogP contribution in [0.4, 0.5) is 0 Å². The Morgan fingerprint density at radius 1 is 0.350 bits per heavy atom. The number of fused-ring (bicyclic) bond motifs is 12. The minimum atomic E-state index is -3.06. The molecule has 4 saturated heterocycles. The van der Waals surface area contributed by atoms with Crippen molar-refractivity contribution in [1.82, 2.24) is 19.6 Å². The molecule has 0 bridgehead atoms. The molecular formula is C96H152N8O16. The summed E-state index contributed by atoms with van der Waals surface area (Å²) in [4.78, 5) is 56.8. The van der Waals surface area contributed by atoms with Crippen LogP contribution in [0, 0.1) is 71.0 Å². The van der Waals surface area contributed by atoms with E-state index in [1.807, 2.05) is 69.2 Å². The Bertz CT molecular complexity index is 5630. The van der Waals surface area contributed by atoms with E-state index in [1.54, 1.807) is 41.5 Å². The summed E-state index contributed by atoms with van der Waals surface area (Å²) < 4.78 is 340. The molecule has 12 rings (SSSR count). The number of piperidine rings is 4. The molecule has 4 fully saturated rings. The maximum atomic E-state index is 13.0. The van der Waals surface area contributed by atoms with Crippen molar-refractivity contribution >= 4 is 23.9 Å². The number of methoxy groups -OCH3 is 8. The number of carbonyl (C=O) groups is 4. The molecule has 0 aliphatic carbocycles. The van der Waals surface area contributed by atoms with Crippen molar-refractivity contribution < 1.29 is 120 Å². The molecule has 24 heteroatoms. The third-order valence-corrected chi connectivity index (χ3v) is 22.8. The van der Waals surface area contributed by atoms with Crippen LogP contribution in [0.25, 0.3) is 0 Å². The lowest BCUT2D eigenvalue weighted by molar-refractivity contribution is -0.161. The van der Waals surface area contributed by atoms with Crippen molar-refractivity contribution in [3.8, 4) is 46.0 Å². The van der Waals surface area contributed by atoms with Crippen LogP contribution in [-0.4, -0.2) is 201 Å². The van der Waals surface area contributed by atoms with E-state index in [-0.39, 0.29) is 191 Å². The van der Waals surface area contributed by atoms with E-state index >= 15 is 0 Å². The van der Waals surface area contributed by atoms with Gasteiger partial charge in [-0.3, -0.25) is 38.8 Å². The Morgan fingerprint density at radius 3 is 0.800 bits per heavy atom. The van der Waals surface area contributed by atoms with Crippen LogP contribution in [0.15, 0.2) is 48.3 Å². The lowest BCUT2D eigenvalue weighted by Crippen LogP contribution is -2.51. The first-order valence-electron chi connectivity index (χ1n) is 57.7. The highest BCUT2D eigenvalue weighted by Gasteiger charge is 2.47. The van der Waals surface area contributed by atoms with Crippen LogP contribution in [0.2, 0.25) is 0 Å². The number of ether oxygens (including phenoxy) is 12. The highest BCUT2D eigenvalue weighted by atomic mass is 16.6. The fourth-order valence-corrected chi connectivity index (χ4v) is 16.0. The number of carbonyl (C=O) groups excluding carboxylic acids is 4. The van der Waals surface area contributed by atoms with Gasteiger partial charge in [-0.25, -0.2) is 0 Å². The molecule has 4 aromatic carbocycles. The Kier molecular flexibility index (Phi) is 22.1. The van der Waals surface area contributed by atoms with E-state index in [1.165, 1.54) is 55.1 Å². The third-order valence-electron chi connectivity index (χ3n) is 22.8. The SMILES string of the molecule is [2H]c1c(OC)c(OC([2H])([2H])[2H])c([2H])c2c1C1CC(OC(=O)[C@@H](N)C(C)C)C(CC(C)C)CN1C([2H])([2H])C2([2H])[2H].[2H]c1c(OC)c(OC([2H])([2H])[2H])c([2H])c2c1C1CC([2H])(OC(=O)[C@@H](N)C(C)C)C(CC(C)C)CN1C([2H])([2H])C2([2H])[2H].[2H]c1c(OC)c(OC)c([2H])c2c1C1CC(OC(=O)[C@@H](N)C(C)C)C(CC(C)C)CN1C([2H])([2H])C2([2H])[2H].[2H]c1c(OC)c(OC)c([2H])c2c1C1CC([2H])(OC(=O)[C@@H](N)C(C)C)C(CC(C)C)CN1C([2H])([2H])C2([2H])[2H]. The van der Waals surface area contributed by atoms with Gasteiger partial charge in [-0.05, 0) is 191 Å². The van der Waals surface area contributed by atoms with Gasteiger partial charge in [0.15, 0.2) is 46.0 Å². The van der Waals surface area contributed by atoms with Gasteiger partial charge in [-0.15, -0.1) is 0 Å². The van der Waals surface area contributed by atoms with Crippen molar-refractivity contribution in [3.05, 3.63) is 92.8 Å². The summed E-state index contributed by atoms with van der Waals surface area (Å²) in [6, 6.07) is -11.2. The molecular weight excluding hydrogens is 1520 g/mol. The van der Waals surface area contributed by atoms with Gasteiger partial charge in [0, 0.05) is 148 Å². The molecule has 0 aromatic heterocycles. The fourth-order valence-electron chi connectivity index (χ4n) is 16.0. The standard InChI is InChI=1S/4C24H38N2O4/c4*1-14(2)9-17-13-26-8-7-16-10-21(28-5)22(29-6)11-18(16)19(26)12-20(17)30-24(27)23(25)15(3)4/h4*10-11,14-15,17,19-20,23H,7-9,12-13,25H2,1-6H3/t4*17?,19?,20?,23-/m0000/s1/i5D3,7D2,8D2,10D,11D,20D;7D2,8D2,10D,11D,20D;5D3,7D2,8D2,10D,11D;7D2,8D2,10D,11D. The van der Waals surface area contributed by atoms with Crippen LogP contribution >= 0.6 is 0 Å². The Labute approximate surface area is 763 Å². The number of hydrogen-bond donors (Lipinski definition) is 4. The van der Waals surface area contributed by atoms with Crippen LogP contribution in [0.5, 0.6) is 46.0 Å². The molecule has 8 aliphatic rings. The van der Waals surface area contributed by atoms with Crippen molar-refractivity contribution in [2.24, 2.45) is 93.9 Å². The Morgan fingerprint density at radius 2 is 0.567 bits per heavy atom. The summed E-state index contributed by atoms with van der Waals surface area (Å²) in [6.45, 7) is 19.3. The molecule has 0 radical (unpaired) electrons. The highest BCUT2D eigenvalue weighted by molar-refractivity contribution is 5.77. The van der Waals surface area contributed by atoms with Gasteiger partial charge in [0.2, 0.25) is 0 Å². The van der Waals surface area contributed by atoms with E-state index in [2.05, 4.69) is 0 Å². The van der Waals surface area contributed by atoms with Gasteiger partial charge in [0.1, 0.15) is 48.5 Å². The van der Waals surface area contributed by atoms with E-state index in [9.17, 15) is 21.9 Å². The van der Waals surface area contributed by atoms with Gasteiger partial charge < -0.3 is 79.8 Å². The number of rotatable bonds is 28. The first kappa shape index (κ1) is 60.4. The first-order chi connectivity index (χ1) is 69.4. The number of benzene rings is 4. The summed E-state index contributed by atoms with van der Waals surface area (Å²) >= 11 is 0. The van der Waals surface area contributed by atoms with Gasteiger partial charge in [0.05, 0.1) is 78.7 Å². The molecule has 672 valence electrons. The normalized spacial score (nSPS) is 33.6. The van der Waals surface area contributed by atoms with Crippen LogP contribution in [-0.2, 0) is 63.6 Å². The number of nitrogens with zero attached hydrogens (tertiary/aromatic N) is 4. The minimum Gasteiger partial charge on any atom is -0.493 e. The highest BCUT2D eigenvalue weighted by Crippen LogP contribution is 2.50. The second-order valence-electron chi connectivity index (χ2n) is 35.0. The largest absolute Gasteiger partial charge is 0.493 e. The zero-order valence-electron chi connectivity index (χ0n) is 106. The van der Waals surface area contributed by atoms with Crippen LogP contribution < -0.4 is 60.8 Å². The van der Waals surface area contributed by atoms with Crippen molar-refractivity contribution in [2.75, 3.05) is 109 Å².